The van der Waals surface area contributed by atoms with Crippen LogP contribution in [0.4, 0.5) is 0 Å². The Labute approximate surface area is 148 Å². The van der Waals surface area contributed by atoms with Crippen LogP contribution in [0.1, 0.15) is 23.6 Å². The molecule has 6 rings (SSSR count). The minimum absolute atomic E-state index is 0.494. The zero-order chi connectivity index (χ0) is 17.3. The number of hydrogen-bond donors (Lipinski definition) is 0. The van der Waals surface area contributed by atoms with Crippen molar-refractivity contribution in [3.63, 3.8) is 0 Å². The van der Waals surface area contributed by atoms with Gasteiger partial charge >= 0.3 is 0 Å². The van der Waals surface area contributed by atoms with Crippen molar-refractivity contribution in [2.75, 3.05) is 0 Å². The minimum atomic E-state index is -0.494. The molecule has 0 amide bonds. The summed E-state index contributed by atoms with van der Waals surface area (Å²) in [7, 11) is 0. The lowest BCUT2D eigenvalue weighted by atomic mass is 9.65. The van der Waals surface area contributed by atoms with E-state index in [2.05, 4.69) is 85.0 Å². The van der Waals surface area contributed by atoms with Crippen molar-refractivity contribution < 1.29 is 1.37 Å². The highest BCUT2D eigenvalue weighted by Crippen LogP contribution is 2.58. The van der Waals surface area contributed by atoms with Crippen LogP contribution in [0.2, 0.25) is 0 Å². The Morgan fingerprint density at radius 3 is 1.88 bits per heavy atom. The first-order valence-corrected chi connectivity index (χ1v) is 8.71. The third-order valence-electron chi connectivity index (χ3n) is 5.70. The standard InChI is InChI=1S/C25H16/c1-3-9-19-17(7-1)15-23-21(19)11-5-13-25(23)14-6-12-22-20-10-4-2-8-18(20)16-24(22)25/h1-16H/i13D. The number of fused-ring (bicyclic) bond motifs is 8. The molecule has 1 spiro atoms. The SMILES string of the molecule is [2H]C1=CC=C2C(=Cc3ccccc32)C12C=CC=C1C2=Cc2ccccc21. The number of rotatable bonds is 0. The fraction of sp³-hybridized carbons (Fsp3) is 0.0400. The van der Waals surface area contributed by atoms with E-state index in [0.29, 0.717) is 6.05 Å². The van der Waals surface area contributed by atoms with E-state index in [1.165, 1.54) is 44.5 Å². The lowest BCUT2D eigenvalue weighted by Gasteiger charge is -2.36. The molecule has 0 N–H and O–H groups in total. The maximum atomic E-state index is 8.89. The van der Waals surface area contributed by atoms with Gasteiger partial charge in [-0.3, -0.25) is 0 Å². The molecule has 1 atom stereocenters. The van der Waals surface area contributed by atoms with E-state index < -0.39 is 5.41 Å². The first kappa shape index (κ1) is 12.3. The molecule has 0 nitrogen and oxygen atoms in total. The van der Waals surface area contributed by atoms with Gasteiger partial charge in [0.25, 0.3) is 0 Å². The Morgan fingerprint density at radius 2 is 1.24 bits per heavy atom. The van der Waals surface area contributed by atoms with E-state index >= 15 is 0 Å². The second kappa shape index (κ2) is 4.49. The van der Waals surface area contributed by atoms with Gasteiger partial charge in [0.05, 0.1) is 6.79 Å². The molecular formula is C25H16. The molecule has 4 aliphatic rings. The normalized spacial score (nSPS) is 25.0. The Morgan fingerprint density at radius 1 is 0.680 bits per heavy atom. The molecule has 0 aliphatic heterocycles. The van der Waals surface area contributed by atoms with Crippen LogP contribution in [0, 0.1) is 5.41 Å². The van der Waals surface area contributed by atoms with Gasteiger partial charge in [0.1, 0.15) is 0 Å². The van der Waals surface area contributed by atoms with Crippen LogP contribution in [0.5, 0.6) is 0 Å². The van der Waals surface area contributed by atoms with Crippen molar-refractivity contribution in [2.45, 2.75) is 0 Å². The Hall–Kier alpha value is -3.12. The van der Waals surface area contributed by atoms with Gasteiger partial charge in [0.15, 0.2) is 0 Å². The van der Waals surface area contributed by atoms with Crippen LogP contribution in [-0.4, -0.2) is 0 Å². The fourth-order valence-corrected chi connectivity index (χ4v) is 4.58. The van der Waals surface area contributed by atoms with Crippen LogP contribution in [0.15, 0.2) is 96.1 Å². The average molecular weight is 317 g/mol. The molecule has 0 bridgehead atoms. The molecule has 1 unspecified atom stereocenters. The van der Waals surface area contributed by atoms with Gasteiger partial charge in [-0.05, 0) is 56.7 Å². The van der Waals surface area contributed by atoms with E-state index in [-0.39, 0.29) is 0 Å². The van der Waals surface area contributed by atoms with E-state index in [1.54, 1.807) is 0 Å². The quantitative estimate of drug-likeness (QED) is 0.553. The van der Waals surface area contributed by atoms with E-state index in [4.69, 9.17) is 1.37 Å². The van der Waals surface area contributed by atoms with Crippen molar-refractivity contribution in [1.82, 2.24) is 0 Å². The van der Waals surface area contributed by atoms with E-state index in [9.17, 15) is 0 Å². The summed E-state index contributed by atoms with van der Waals surface area (Å²) in [5.41, 5.74) is 9.50. The van der Waals surface area contributed by atoms with Gasteiger partial charge in [-0.1, -0.05) is 85.0 Å². The summed E-state index contributed by atoms with van der Waals surface area (Å²) in [4.78, 5) is 0. The predicted octanol–water partition coefficient (Wildman–Crippen LogP) is 6.07. The fourth-order valence-electron chi connectivity index (χ4n) is 4.58. The van der Waals surface area contributed by atoms with Gasteiger partial charge in [-0.2, -0.15) is 0 Å². The highest BCUT2D eigenvalue weighted by Gasteiger charge is 2.43. The number of benzene rings is 2. The van der Waals surface area contributed by atoms with Gasteiger partial charge in [0, 0.05) is 0 Å². The summed E-state index contributed by atoms with van der Waals surface area (Å²) in [5.74, 6) is 0. The Bertz CT molecular complexity index is 1160. The van der Waals surface area contributed by atoms with Crippen molar-refractivity contribution in [2.24, 2.45) is 5.41 Å². The molecule has 0 saturated heterocycles. The summed E-state index contributed by atoms with van der Waals surface area (Å²) >= 11 is 0. The summed E-state index contributed by atoms with van der Waals surface area (Å²) < 4.78 is 8.89. The molecule has 25 heavy (non-hydrogen) atoms. The van der Waals surface area contributed by atoms with Crippen LogP contribution in [0.25, 0.3) is 23.3 Å². The first-order valence-electron chi connectivity index (χ1n) is 9.21. The second-order valence-electron chi connectivity index (χ2n) is 6.93. The molecule has 0 aromatic heterocycles. The number of allylic oxidation sites excluding steroid dienone is 10. The van der Waals surface area contributed by atoms with Crippen LogP contribution < -0.4 is 0 Å². The minimum Gasteiger partial charge on any atom is -0.0657 e. The molecule has 2 aromatic rings. The highest BCUT2D eigenvalue weighted by atomic mass is 14.5. The van der Waals surface area contributed by atoms with Crippen LogP contribution in [-0.2, 0) is 0 Å². The smallest absolute Gasteiger partial charge is 0.0592 e. The molecule has 2 aromatic carbocycles. The lowest BCUT2D eigenvalue weighted by Crippen LogP contribution is -2.24. The molecule has 0 radical (unpaired) electrons. The van der Waals surface area contributed by atoms with Crippen molar-refractivity contribution in [3.8, 4) is 0 Å². The molecular weight excluding hydrogens is 300 g/mol. The average Bonchev–Trinajstić information content (AvgIpc) is 3.24. The summed E-state index contributed by atoms with van der Waals surface area (Å²) in [5, 5.41) is 0. The molecule has 4 aliphatic carbocycles. The Balaban J connectivity index is 1.63. The van der Waals surface area contributed by atoms with Crippen molar-refractivity contribution in [1.29, 1.82) is 0 Å². The predicted molar refractivity (Wildman–Crippen MR) is 106 cm³/mol. The highest BCUT2D eigenvalue weighted by molar-refractivity contribution is 6.05. The Kier molecular flexibility index (Phi) is 2.20. The van der Waals surface area contributed by atoms with E-state index in [0.717, 1.165) is 0 Å². The van der Waals surface area contributed by atoms with Crippen molar-refractivity contribution in [3.05, 3.63) is 118 Å². The van der Waals surface area contributed by atoms with Gasteiger partial charge in [0.2, 0.25) is 0 Å². The number of hydrogen-bond acceptors (Lipinski definition) is 0. The largest absolute Gasteiger partial charge is 0.0657 e. The van der Waals surface area contributed by atoms with Gasteiger partial charge in [-0.25, -0.2) is 0 Å². The second-order valence-corrected chi connectivity index (χ2v) is 6.93. The molecule has 0 heterocycles. The topological polar surface area (TPSA) is 0 Å². The molecule has 116 valence electrons. The lowest BCUT2D eigenvalue weighted by molar-refractivity contribution is 0.754. The molecule has 0 heteroatoms. The summed E-state index contributed by atoms with van der Waals surface area (Å²) in [6.45, 7) is 0. The van der Waals surface area contributed by atoms with Crippen LogP contribution >= 0.6 is 0 Å². The summed E-state index contributed by atoms with van der Waals surface area (Å²) in [6, 6.07) is 17.7. The maximum absolute atomic E-state index is 8.89. The van der Waals surface area contributed by atoms with Crippen molar-refractivity contribution >= 4 is 23.3 Å². The third-order valence-corrected chi connectivity index (χ3v) is 5.70. The summed E-state index contributed by atoms with van der Waals surface area (Å²) in [6.07, 6.45) is 15.2. The maximum Gasteiger partial charge on any atom is 0.0592 e. The monoisotopic (exact) mass is 317 g/mol. The van der Waals surface area contributed by atoms with Crippen LogP contribution in [0.3, 0.4) is 0 Å². The van der Waals surface area contributed by atoms with E-state index in [1.807, 2.05) is 6.08 Å². The van der Waals surface area contributed by atoms with Gasteiger partial charge in [-0.15, -0.1) is 0 Å². The molecule has 0 saturated carbocycles. The molecule has 0 fully saturated rings. The third kappa shape index (κ3) is 1.57. The first-order chi connectivity index (χ1) is 12.8. The zero-order valence-electron chi connectivity index (χ0n) is 14.7. The zero-order valence-corrected chi connectivity index (χ0v) is 13.7. The van der Waals surface area contributed by atoms with Gasteiger partial charge < -0.3 is 0 Å².